The minimum absolute atomic E-state index is 0.510. The molecule has 0 amide bonds. The Hall–Kier alpha value is -1.01. The minimum Gasteiger partial charge on any atom is -0.261 e. The molecule has 0 N–H and O–H groups in total. The summed E-state index contributed by atoms with van der Waals surface area (Å²) in [6.07, 6.45) is 5.64. The molecule has 13 heavy (non-hydrogen) atoms. The number of nitrogens with zero attached hydrogens (tertiary/aromatic N) is 3. The number of hydrogen-bond donors (Lipinski definition) is 0. The molecule has 0 aliphatic heterocycles. The van der Waals surface area contributed by atoms with Crippen molar-refractivity contribution < 1.29 is 8.42 Å². The molecule has 71 valence electrons. The lowest BCUT2D eigenvalue weighted by molar-refractivity contribution is 0.529. The van der Waals surface area contributed by atoms with Crippen molar-refractivity contribution in [1.29, 1.82) is 0 Å². The molecule has 0 spiro atoms. The Morgan fingerprint density at radius 3 is 2.62 bits per heavy atom. The third-order valence-corrected chi connectivity index (χ3v) is 2.57. The summed E-state index contributed by atoms with van der Waals surface area (Å²) >= 11 is 0. The number of aromatic nitrogens is 2. The fraction of sp³-hybridized carbons (Fsp3) is 0.286. The SMILES string of the molecule is CN([CH]c1cnccn1)S(C)(=O)=O. The Morgan fingerprint density at radius 1 is 1.46 bits per heavy atom. The van der Waals surface area contributed by atoms with Crippen molar-refractivity contribution in [3.63, 3.8) is 0 Å². The number of hydrogen-bond acceptors (Lipinski definition) is 4. The van der Waals surface area contributed by atoms with Gasteiger partial charge in [0.05, 0.1) is 24.7 Å². The topological polar surface area (TPSA) is 63.2 Å². The fourth-order valence-corrected chi connectivity index (χ4v) is 0.959. The molecule has 6 heteroatoms. The molecule has 0 saturated carbocycles. The van der Waals surface area contributed by atoms with E-state index in [1.54, 1.807) is 0 Å². The van der Waals surface area contributed by atoms with Crippen molar-refractivity contribution >= 4 is 10.0 Å². The molecular formula is C7H10N3O2S. The van der Waals surface area contributed by atoms with E-state index in [0.717, 1.165) is 10.6 Å². The first-order valence-corrected chi connectivity index (χ1v) is 5.39. The van der Waals surface area contributed by atoms with Crippen molar-refractivity contribution in [2.24, 2.45) is 0 Å². The van der Waals surface area contributed by atoms with E-state index >= 15 is 0 Å². The maximum Gasteiger partial charge on any atom is 0.211 e. The van der Waals surface area contributed by atoms with Gasteiger partial charge in [0, 0.05) is 19.4 Å². The van der Waals surface area contributed by atoms with Crippen LogP contribution in [0.5, 0.6) is 0 Å². The Bertz CT molecular complexity index is 363. The van der Waals surface area contributed by atoms with Gasteiger partial charge in [-0.2, -0.15) is 4.31 Å². The van der Waals surface area contributed by atoms with Gasteiger partial charge >= 0.3 is 0 Å². The summed E-state index contributed by atoms with van der Waals surface area (Å²) in [6.45, 7) is 1.41. The van der Waals surface area contributed by atoms with E-state index in [1.807, 2.05) is 0 Å². The summed E-state index contributed by atoms with van der Waals surface area (Å²) in [6, 6.07) is 0. The first-order valence-electron chi connectivity index (χ1n) is 3.54. The molecule has 1 radical (unpaired) electrons. The normalized spacial score (nSPS) is 11.9. The Labute approximate surface area is 77.5 Å². The molecule has 0 aliphatic rings. The van der Waals surface area contributed by atoms with Gasteiger partial charge < -0.3 is 0 Å². The second-order valence-corrected chi connectivity index (χ2v) is 4.58. The zero-order chi connectivity index (χ0) is 9.90. The molecule has 0 fully saturated rings. The summed E-state index contributed by atoms with van der Waals surface area (Å²) in [5.74, 6) is 0. The summed E-state index contributed by atoms with van der Waals surface area (Å²) in [4.78, 5) is 7.71. The first kappa shape index (κ1) is 10.1. The lowest BCUT2D eigenvalue weighted by Gasteiger charge is -2.11. The molecule has 1 heterocycles. The van der Waals surface area contributed by atoms with E-state index in [-0.39, 0.29) is 0 Å². The van der Waals surface area contributed by atoms with Gasteiger partial charge in [0.1, 0.15) is 0 Å². The van der Waals surface area contributed by atoms with Gasteiger partial charge in [-0.15, -0.1) is 0 Å². The molecule has 1 rings (SSSR count). The molecule has 0 aromatic carbocycles. The van der Waals surface area contributed by atoms with E-state index in [0.29, 0.717) is 5.69 Å². The van der Waals surface area contributed by atoms with Gasteiger partial charge in [-0.3, -0.25) is 9.97 Å². The zero-order valence-corrected chi connectivity index (χ0v) is 8.19. The first-order chi connectivity index (χ1) is 6.00. The second kappa shape index (κ2) is 3.80. The van der Waals surface area contributed by atoms with Crippen LogP contribution in [0, 0.1) is 6.54 Å². The monoisotopic (exact) mass is 200 g/mol. The van der Waals surface area contributed by atoms with Gasteiger partial charge in [0.25, 0.3) is 0 Å². The highest BCUT2D eigenvalue weighted by Crippen LogP contribution is 2.03. The summed E-state index contributed by atoms with van der Waals surface area (Å²) < 4.78 is 23.1. The van der Waals surface area contributed by atoms with Crippen molar-refractivity contribution in [2.75, 3.05) is 13.3 Å². The van der Waals surface area contributed by atoms with Crippen molar-refractivity contribution in [1.82, 2.24) is 14.3 Å². The molecule has 0 saturated heterocycles. The average Bonchev–Trinajstić information content (AvgIpc) is 2.04. The molecule has 0 atom stereocenters. The highest BCUT2D eigenvalue weighted by atomic mass is 32.2. The van der Waals surface area contributed by atoms with Crippen LogP contribution in [0.2, 0.25) is 0 Å². The van der Waals surface area contributed by atoms with Crippen LogP contribution in [0.4, 0.5) is 0 Å². The quantitative estimate of drug-likeness (QED) is 0.682. The summed E-state index contributed by atoms with van der Waals surface area (Å²) in [7, 11) is -1.74. The van der Waals surface area contributed by atoms with Gasteiger partial charge in [0.15, 0.2) is 0 Å². The molecule has 0 aliphatic carbocycles. The summed E-state index contributed by atoms with van der Waals surface area (Å²) in [5.41, 5.74) is 0.510. The molecule has 1 aromatic rings. The Balaban J connectivity index is 2.72. The zero-order valence-electron chi connectivity index (χ0n) is 7.38. The highest BCUT2D eigenvalue weighted by Gasteiger charge is 2.11. The minimum atomic E-state index is -3.19. The van der Waals surface area contributed by atoms with E-state index < -0.39 is 10.0 Å². The molecule has 0 unspecified atom stereocenters. The van der Waals surface area contributed by atoms with Crippen molar-refractivity contribution in [3.8, 4) is 0 Å². The third kappa shape index (κ3) is 3.08. The Morgan fingerprint density at radius 2 is 2.15 bits per heavy atom. The molecule has 0 bridgehead atoms. The van der Waals surface area contributed by atoms with Crippen molar-refractivity contribution in [2.45, 2.75) is 0 Å². The number of sulfonamides is 1. The van der Waals surface area contributed by atoms with Crippen LogP contribution in [0.3, 0.4) is 0 Å². The van der Waals surface area contributed by atoms with Crippen LogP contribution in [0.25, 0.3) is 0 Å². The van der Waals surface area contributed by atoms with Crippen LogP contribution in [-0.2, 0) is 10.0 Å². The number of rotatable bonds is 3. The predicted octanol–water partition coefficient (Wildman–Crippen LogP) is -0.122. The van der Waals surface area contributed by atoms with Crippen LogP contribution in [-0.4, -0.2) is 36.0 Å². The van der Waals surface area contributed by atoms with E-state index in [1.165, 1.54) is 32.2 Å². The third-order valence-electron chi connectivity index (χ3n) is 1.42. The van der Waals surface area contributed by atoms with E-state index in [4.69, 9.17) is 0 Å². The van der Waals surface area contributed by atoms with Crippen LogP contribution in [0.15, 0.2) is 18.6 Å². The van der Waals surface area contributed by atoms with E-state index in [2.05, 4.69) is 9.97 Å². The highest BCUT2D eigenvalue weighted by molar-refractivity contribution is 7.88. The van der Waals surface area contributed by atoms with Crippen LogP contribution < -0.4 is 0 Å². The maximum atomic E-state index is 11.0. The smallest absolute Gasteiger partial charge is 0.211 e. The maximum absolute atomic E-state index is 11.0. The van der Waals surface area contributed by atoms with E-state index in [9.17, 15) is 8.42 Å². The predicted molar refractivity (Wildman–Crippen MR) is 48.0 cm³/mol. The van der Waals surface area contributed by atoms with Crippen molar-refractivity contribution in [3.05, 3.63) is 30.8 Å². The molecule has 5 nitrogen and oxygen atoms in total. The van der Waals surface area contributed by atoms with Crippen LogP contribution in [0.1, 0.15) is 5.69 Å². The molecule has 1 aromatic heterocycles. The lowest BCUT2D eigenvalue weighted by atomic mass is 10.4. The second-order valence-electron chi connectivity index (χ2n) is 2.54. The van der Waals surface area contributed by atoms with Gasteiger partial charge in [-0.1, -0.05) is 0 Å². The standard InChI is InChI=1S/C7H10N3O2S/c1-10(13(2,11)12)6-7-5-8-3-4-9-7/h3-6H,1-2H3. The van der Waals surface area contributed by atoms with Gasteiger partial charge in [-0.25, -0.2) is 8.42 Å². The van der Waals surface area contributed by atoms with Gasteiger partial charge in [-0.05, 0) is 0 Å². The molecular weight excluding hydrogens is 190 g/mol. The average molecular weight is 200 g/mol. The lowest BCUT2D eigenvalue weighted by Crippen LogP contribution is -2.23. The summed E-state index contributed by atoms with van der Waals surface area (Å²) in [5, 5.41) is 0. The fourth-order valence-electron chi connectivity index (χ4n) is 0.659. The van der Waals surface area contributed by atoms with Crippen LogP contribution >= 0.6 is 0 Å². The largest absolute Gasteiger partial charge is 0.261 e. The Kier molecular flexibility index (Phi) is 2.94. The van der Waals surface area contributed by atoms with Gasteiger partial charge in [0.2, 0.25) is 10.0 Å².